The van der Waals surface area contributed by atoms with Crippen LogP contribution in [0, 0.1) is 11.6 Å². The van der Waals surface area contributed by atoms with Gasteiger partial charge < -0.3 is 20.1 Å². The van der Waals surface area contributed by atoms with Gasteiger partial charge in [0.2, 0.25) is 0 Å². The van der Waals surface area contributed by atoms with E-state index in [2.05, 4.69) is 0 Å². The summed E-state index contributed by atoms with van der Waals surface area (Å²) in [5, 5.41) is 1.74. The van der Waals surface area contributed by atoms with Crippen LogP contribution in [0.3, 0.4) is 0 Å². The van der Waals surface area contributed by atoms with E-state index in [1.165, 1.54) is 36.0 Å². The minimum absolute atomic E-state index is 0.0271. The third-order valence-electron chi connectivity index (χ3n) is 6.48. The normalized spacial score (nSPS) is 13.3. The first kappa shape index (κ1) is 27.0. The molecular formula is C29H27F2N3O3S2. The SMILES string of the molecule is COc1cc(F)ccc1-c1c(C(N)=S)nc(-c2ccc3c(c2)CCN(C(=O)OC(C)(C)C)C3)c2c(F)csc12. The fraction of sp³-hybridized carbons (Fsp3) is 0.276. The number of nitrogens with two attached hydrogens (primary N) is 1. The predicted molar refractivity (Wildman–Crippen MR) is 153 cm³/mol. The maximum absolute atomic E-state index is 15.3. The number of carbonyl (C=O) groups excluding carboxylic acids is 1. The molecule has 39 heavy (non-hydrogen) atoms. The van der Waals surface area contributed by atoms with Crippen LogP contribution in [0.5, 0.6) is 5.75 Å². The number of halogens is 2. The first-order valence-electron chi connectivity index (χ1n) is 12.3. The zero-order chi connectivity index (χ0) is 28.1. The number of rotatable bonds is 4. The van der Waals surface area contributed by atoms with Crippen LogP contribution in [0.2, 0.25) is 0 Å². The molecule has 5 rings (SSSR count). The highest BCUT2D eigenvalue weighted by Crippen LogP contribution is 2.44. The maximum Gasteiger partial charge on any atom is 0.410 e. The number of aromatic nitrogens is 1. The average Bonchev–Trinajstić information content (AvgIpc) is 3.27. The average molecular weight is 568 g/mol. The van der Waals surface area contributed by atoms with E-state index in [9.17, 15) is 9.18 Å². The van der Waals surface area contributed by atoms with E-state index in [4.69, 9.17) is 32.4 Å². The molecule has 0 fully saturated rings. The molecule has 0 spiro atoms. The summed E-state index contributed by atoms with van der Waals surface area (Å²) < 4.78 is 40.8. The molecule has 2 N–H and O–H groups in total. The lowest BCUT2D eigenvalue weighted by molar-refractivity contribution is 0.0224. The molecule has 202 valence electrons. The van der Waals surface area contributed by atoms with Crippen LogP contribution in [0.15, 0.2) is 41.8 Å². The van der Waals surface area contributed by atoms with Gasteiger partial charge in [0.25, 0.3) is 0 Å². The number of pyridine rings is 1. The zero-order valence-corrected chi connectivity index (χ0v) is 23.6. The fourth-order valence-electron chi connectivity index (χ4n) is 4.76. The Morgan fingerprint density at radius 2 is 1.92 bits per heavy atom. The van der Waals surface area contributed by atoms with Crippen LogP contribution in [-0.2, 0) is 17.7 Å². The molecule has 0 atom stereocenters. The van der Waals surface area contributed by atoms with Crippen molar-refractivity contribution in [1.29, 1.82) is 0 Å². The number of ether oxygens (including phenoxy) is 2. The number of hydrogen-bond donors (Lipinski definition) is 1. The van der Waals surface area contributed by atoms with Crippen LogP contribution < -0.4 is 10.5 Å². The molecule has 4 aromatic rings. The van der Waals surface area contributed by atoms with Crippen LogP contribution >= 0.6 is 23.6 Å². The van der Waals surface area contributed by atoms with Crippen LogP contribution in [0.1, 0.15) is 37.6 Å². The van der Waals surface area contributed by atoms with E-state index in [0.29, 0.717) is 57.7 Å². The second-order valence-electron chi connectivity index (χ2n) is 10.3. The minimum atomic E-state index is -0.575. The van der Waals surface area contributed by atoms with Crippen molar-refractivity contribution in [2.75, 3.05) is 13.7 Å². The summed E-state index contributed by atoms with van der Waals surface area (Å²) in [4.78, 5) is 19.1. The summed E-state index contributed by atoms with van der Waals surface area (Å²) in [5.74, 6) is -0.631. The van der Waals surface area contributed by atoms with Crippen molar-refractivity contribution < 1.29 is 23.0 Å². The number of hydrogen-bond acceptors (Lipinski definition) is 6. The number of nitrogens with zero attached hydrogens (tertiary/aromatic N) is 2. The Balaban J connectivity index is 1.62. The van der Waals surface area contributed by atoms with Crippen molar-refractivity contribution in [3.05, 3.63) is 70.2 Å². The quantitative estimate of drug-likeness (QED) is 0.272. The smallest absolute Gasteiger partial charge is 0.410 e. The van der Waals surface area contributed by atoms with Gasteiger partial charge in [-0.05, 0) is 56.5 Å². The Hall–Kier alpha value is -3.63. The van der Waals surface area contributed by atoms with Crippen LogP contribution in [0.4, 0.5) is 13.6 Å². The van der Waals surface area contributed by atoms with Crippen molar-refractivity contribution in [3.63, 3.8) is 0 Å². The first-order valence-corrected chi connectivity index (χ1v) is 13.6. The third kappa shape index (κ3) is 5.18. The van der Waals surface area contributed by atoms with Crippen molar-refractivity contribution >= 4 is 44.7 Å². The Kier molecular flexibility index (Phi) is 7.02. The van der Waals surface area contributed by atoms with E-state index in [1.807, 2.05) is 39.0 Å². The van der Waals surface area contributed by atoms with E-state index in [0.717, 1.165) is 11.1 Å². The Labute approximate surface area is 234 Å². The van der Waals surface area contributed by atoms with Gasteiger partial charge in [-0.1, -0.05) is 24.4 Å². The van der Waals surface area contributed by atoms with Gasteiger partial charge in [0, 0.05) is 45.9 Å². The summed E-state index contributed by atoms with van der Waals surface area (Å²) in [7, 11) is 1.43. The lowest BCUT2D eigenvalue weighted by Gasteiger charge is -2.31. The van der Waals surface area contributed by atoms with Gasteiger partial charge in [0.05, 0.1) is 18.2 Å². The fourth-order valence-corrected chi connectivity index (χ4v) is 5.89. The Morgan fingerprint density at radius 1 is 1.15 bits per heavy atom. The monoisotopic (exact) mass is 567 g/mol. The molecule has 3 heterocycles. The molecule has 2 aromatic heterocycles. The molecule has 1 aliphatic heterocycles. The summed E-state index contributed by atoms with van der Waals surface area (Å²) in [5.41, 5.74) is 10.0. The summed E-state index contributed by atoms with van der Waals surface area (Å²) in [6.45, 7) is 6.44. The second kappa shape index (κ2) is 10.2. The van der Waals surface area contributed by atoms with Crippen molar-refractivity contribution in [2.45, 2.75) is 39.3 Å². The number of fused-ring (bicyclic) bond motifs is 2. The van der Waals surface area contributed by atoms with Crippen molar-refractivity contribution in [3.8, 4) is 28.1 Å². The van der Waals surface area contributed by atoms with Crippen molar-refractivity contribution in [2.24, 2.45) is 5.73 Å². The highest BCUT2D eigenvalue weighted by Gasteiger charge is 2.28. The Morgan fingerprint density at radius 3 is 2.62 bits per heavy atom. The van der Waals surface area contributed by atoms with E-state index in [1.54, 1.807) is 11.0 Å². The van der Waals surface area contributed by atoms with Crippen LogP contribution in [0.25, 0.3) is 32.5 Å². The molecule has 1 amide bonds. The Bertz CT molecular complexity index is 1630. The molecule has 2 aromatic carbocycles. The highest BCUT2D eigenvalue weighted by molar-refractivity contribution is 7.80. The molecule has 6 nitrogen and oxygen atoms in total. The van der Waals surface area contributed by atoms with Crippen LogP contribution in [-0.4, -0.2) is 40.2 Å². The number of amides is 1. The number of methoxy groups -OCH3 is 1. The largest absolute Gasteiger partial charge is 0.496 e. The van der Waals surface area contributed by atoms with Gasteiger partial charge in [0.15, 0.2) is 0 Å². The summed E-state index contributed by atoms with van der Waals surface area (Å²) in [6, 6.07) is 9.87. The molecule has 1 aliphatic rings. The minimum Gasteiger partial charge on any atom is -0.496 e. The summed E-state index contributed by atoms with van der Waals surface area (Å²) in [6.07, 6.45) is 0.263. The second-order valence-corrected chi connectivity index (χ2v) is 11.6. The number of thiophene rings is 1. The summed E-state index contributed by atoms with van der Waals surface area (Å²) >= 11 is 6.57. The molecule has 0 unspecified atom stereocenters. The molecule has 0 bridgehead atoms. The first-order chi connectivity index (χ1) is 18.5. The lowest BCUT2D eigenvalue weighted by atomic mass is 9.94. The lowest BCUT2D eigenvalue weighted by Crippen LogP contribution is -2.39. The standard InChI is InChI=1S/C29H27F2N3O3S2/c1-29(2,3)37-28(35)34-10-9-15-11-16(5-6-17(15)13-34)24-23-20(31)14-39-26(23)22(25(33-24)27(32)38)19-8-7-18(30)12-21(19)36-4/h5-8,11-12,14H,9-10,13H2,1-4H3,(H2,32,38). The van der Waals surface area contributed by atoms with E-state index in [-0.39, 0.29) is 16.8 Å². The maximum atomic E-state index is 15.3. The molecule has 10 heteroatoms. The van der Waals surface area contributed by atoms with Gasteiger partial charge >= 0.3 is 6.09 Å². The third-order valence-corrected chi connectivity index (χ3v) is 7.64. The highest BCUT2D eigenvalue weighted by atomic mass is 32.1. The van der Waals surface area contributed by atoms with E-state index < -0.39 is 17.2 Å². The van der Waals surface area contributed by atoms with Gasteiger partial charge in [-0.2, -0.15) is 0 Å². The number of thiocarbonyl (C=S) groups is 1. The number of carbonyl (C=O) groups is 1. The molecule has 0 aliphatic carbocycles. The van der Waals surface area contributed by atoms with E-state index >= 15 is 4.39 Å². The van der Waals surface area contributed by atoms with Gasteiger partial charge in [-0.3, -0.25) is 0 Å². The zero-order valence-electron chi connectivity index (χ0n) is 21.9. The molecule has 0 saturated carbocycles. The predicted octanol–water partition coefficient (Wildman–Crippen LogP) is 6.84. The van der Waals surface area contributed by atoms with Gasteiger partial charge in [-0.25, -0.2) is 18.6 Å². The number of benzene rings is 2. The van der Waals surface area contributed by atoms with Gasteiger partial charge in [-0.15, -0.1) is 11.3 Å². The molecular weight excluding hydrogens is 540 g/mol. The van der Waals surface area contributed by atoms with Gasteiger partial charge in [0.1, 0.15) is 33.7 Å². The van der Waals surface area contributed by atoms with Crippen molar-refractivity contribution in [1.82, 2.24) is 9.88 Å². The molecule has 0 radical (unpaired) electrons. The topological polar surface area (TPSA) is 77.7 Å². The molecule has 0 saturated heterocycles.